The van der Waals surface area contributed by atoms with E-state index >= 15 is 0 Å². The lowest BCUT2D eigenvalue weighted by Gasteiger charge is -2.50. The highest BCUT2D eigenvalue weighted by Gasteiger charge is 2.50. The molecule has 2 nitrogen and oxygen atoms in total. The van der Waals surface area contributed by atoms with Gasteiger partial charge >= 0.3 is 0 Å². The molecule has 0 N–H and O–H groups in total. The van der Waals surface area contributed by atoms with Crippen LogP contribution < -0.4 is 0 Å². The van der Waals surface area contributed by atoms with E-state index in [0.29, 0.717) is 11.7 Å². The van der Waals surface area contributed by atoms with E-state index in [4.69, 9.17) is 0 Å². The Hall–Kier alpha value is -0.370. The largest absolute Gasteiger partial charge is 0.319 e. The van der Waals surface area contributed by atoms with Gasteiger partial charge in [0, 0.05) is 31.1 Å². The van der Waals surface area contributed by atoms with Crippen molar-refractivity contribution in [3.8, 4) is 0 Å². The highest BCUT2D eigenvalue weighted by molar-refractivity contribution is 5.80. The van der Waals surface area contributed by atoms with Gasteiger partial charge in [-0.25, -0.2) is 0 Å². The number of rotatable bonds is 4. The molecule has 0 bridgehead atoms. The number of hydrogen-bond acceptors (Lipinski definition) is 1. The summed E-state index contributed by atoms with van der Waals surface area (Å²) in [6.45, 7) is 11.6. The Balaban J connectivity index is 2.11. The number of nitrogens with zero attached hydrogens (tertiary/aromatic N) is 1. The third-order valence-corrected chi connectivity index (χ3v) is 5.56. The highest BCUT2D eigenvalue weighted by atomic mass is 16.1. The Morgan fingerprint density at radius 1 is 1.11 bits per heavy atom. The lowest BCUT2D eigenvalue weighted by molar-refractivity contribution is -0.966. The molecule has 104 valence electrons. The number of carbonyl (C=O) groups is 1. The Morgan fingerprint density at radius 3 is 2.28 bits per heavy atom. The van der Waals surface area contributed by atoms with Crippen molar-refractivity contribution >= 4 is 5.78 Å². The predicted octanol–water partition coefficient (Wildman–Crippen LogP) is 3.40. The summed E-state index contributed by atoms with van der Waals surface area (Å²) in [5.41, 5.74) is 0. The average molecular weight is 252 g/mol. The van der Waals surface area contributed by atoms with Gasteiger partial charge < -0.3 is 4.48 Å². The smallest absolute Gasteiger partial charge is 0.135 e. The van der Waals surface area contributed by atoms with Crippen LogP contribution in [0.25, 0.3) is 0 Å². The molecule has 0 radical (unpaired) electrons. The van der Waals surface area contributed by atoms with Crippen molar-refractivity contribution in [1.82, 2.24) is 0 Å². The summed E-state index contributed by atoms with van der Waals surface area (Å²) in [5.74, 6) is 1.36. The molecule has 3 unspecified atom stereocenters. The lowest BCUT2D eigenvalue weighted by atomic mass is 9.81. The quantitative estimate of drug-likeness (QED) is 0.701. The first-order chi connectivity index (χ1) is 8.47. The van der Waals surface area contributed by atoms with E-state index < -0.39 is 0 Å². The fourth-order valence-corrected chi connectivity index (χ4v) is 4.42. The molecule has 2 fully saturated rings. The maximum absolute atomic E-state index is 12.1. The first-order valence-corrected chi connectivity index (χ1v) is 7.86. The van der Waals surface area contributed by atoms with Crippen molar-refractivity contribution in [3.63, 3.8) is 0 Å². The Labute approximate surface area is 112 Å². The normalized spacial score (nSPS) is 36.1. The van der Waals surface area contributed by atoms with E-state index in [1.165, 1.54) is 43.3 Å². The summed E-state index contributed by atoms with van der Waals surface area (Å²) in [5, 5.41) is 0. The van der Waals surface area contributed by atoms with Gasteiger partial charge in [-0.05, 0) is 26.7 Å². The molecule has 0 spiro atoms. The SMILES string of the molecule is CC(C)C(=O)CC1CCC[N+]2(C(C)C)CCCC12. The van der Waals surface area contributed by atoms with Crippen LogP contribution in [-0.4, -0.2) is 35.4 Å². The maximum Gasteiger partial charge on any atom is 0.135 e. The fourth-order valence-electron chi connectivity index (χ4n) is 4.42. The third kappa shape index (κ3) is 2.36. The minimum Gasteiger partial charge on any atom is -0.319 e. The molecule has 2 aliphatic rings. The second-order valence-corrected chi connectivity index (χ2v) is 7.08. The molecule has 2 heterocycles. The number of carbonyl (C=O) groups excluding carboxylic acids is 1. The van der Waals surface area contributed by atoms with Crippen LogP contribution in [-0.2, 0) is 4.79 Å². The molecule has 0 amide bonds. The second-order valence-electron chi connectivity index (χ2n) is 7.08. The second kappa shape index (κ2) is 5.32. The van der Waals surface area contributed by atoms with Gasteiger partial charge in [-0.3, -0.25) is 4.79 Å². The van der Waals surface area contributed by atoms with Gasteiger partial charge in [0.1, 0.15) is 5.78 Å². The molecule has 3 atom stereocenters. The molecule has 0 aromatic heterocycles. The number of Topliss-reactive ketones (excluding diaryl/α,β-unsaturated/α-hetero) is 1. The van der Waals surface area contributed by atoms with E-state index in [0.717, 1.165) is 18.5 Å². The zero-order valence-corrected chi connectivity index (χ0v) is 12.6. The fraction of sp³-hybridized carbons (Fsp3) is 0.938. The van der Waals surface area contributed by atoms with Gasteiger partial charge in [-0.15, -0.1) is 0 Å². The Kier molecular flexibility index (Phi) is 4.15. The third-order valence-electron chi connectivity index (χ3n) is 5.56. The van der Waals surface area contributed by atoms with Crippen LogP contribution in [0, 0.1) is 11.8 Å². The minimum atomic E-state index is 0.217. The van der Waals surface area contributed by atoms with Gasteiger partial charge in [0.25, 0.3) is 0 Å². The summed E-state index contributed by atoms with van der Waals surface area (Å²) in [6.07, 6.45) is 6.18. The summed E-state index contributed by atoms with van der Waals surface area (Å²) in [4.78, 5) is 12.1. The van der Waals surface area contributed by atoms with E-state index in [-0.39, 0.29) is 5.92 Å². The van der Waals surface area contributed by atoms with E-state index in [1.807, 2.05) is 13.8 Å². The van der Waals surface area contributed by atoms with Crippen molar-refractivity contribution in [1.29, 1.82) is 0 Å². The van der Waals surface area contributed by atoms with Gasteiger partial charge in [0.15, 0.2) is 0 Å². The molecule has 2 heteroatoms. The average Bonchev–Trinajstić information content (AvgIpc) is 2.74. The standard InChI is InChI=1S/C16H30NO/c1-12(2)16(18)11-14-7-5-9-17(13(3)4)10-6-8-15(14)17/h12-15H,5-11H2,1-4H3/q+1. The molecule has 2 aliphatic heterocycles. The molecule has 0 aromatic rings. The number of hydrogen-bond donors (Lipinski definition) is 0. The van der Waals surface area contributed by atoms with Crippen molar-refractivity contribution < 1.29 is 9.28 Å². The zero-order chi connectivity index (χ0) is 13.3. The molecule has 2 saturated heterocycles. The molecule has 0 aromatic carbocycles. The maximum atomic E-state index is 12.1. The van der Waals surface area contributed by atoms with Crippen molar-refractivity contribution in [2.24, 2.45) is 11.8 Å². The van der Waals surface area contributed by atoms with Gasteiger partial charge in [0.2, 0.25) is 0 Å². The summed E-state index contributed by atoms with van der Waals surface area (Å²) >= 11 is 0. The van der Waals surface area contributed by atoms with E-state index in [1.54, 1.807) is 0 Å². The zero-order valence-electron chi connectivity index (χ0n) is 12.6. The topological polar surface area (TPSA) is 17.1 Å². The predicted molar refractivity (Wildman–Crippen MR) is 75.3 cm³/mol. The highest BCUT2D eigenvalue weighted by Crippen LogP contribution is 2.42. The summed E-state index contributed by atoms with van der Waals surface area (Å²) in [7, 11) is 0. The van der Waals surface area contributed by atoms with Crippen LogP contribution >= 0.6 is 0 Å². The number of ketones is 1. The number of piperidine rings is 1. The summed E-state index contributed by atoms with van der Waals surface area (Å²) in [6, 6.07) is 1.51. The Morgan fingerprint density at radius 2 is 1.72 bits per heavy atom. The monoisotopic (exact) mass is 252 g/mol. The molecule has 0 aliphatic carbocycles. The molecule has 18 heavy (non-hydrogen) atoms. The molecule has 2 rings (SSSR count). The molecular formula is C16H30NO+. The van der Waals surface area contributed by atoms with Crippen molar-refractivity contribution in [2.75, 3.05) is 13.1 Å². The first kappa shape index (κ1) is 14.0. The lowest BCUT2D eigenvalue weighted by Crippen LogP contribution is -2.61. The number of quaternary nitrogens is 1. The Bertz CT molecular complexity index is 310. The van der Waals surface area contributed by atoms with E-state index in [2.05, 4.69) is 13.8 Å². The number of fused-ring (bicyclic) bond motifs is 1. The van der Waals surface area contributed by atoms with Gasteiger partial charge in [-0.1, -0.05) is 13.8 Å². The van der Waals surface area contributed by atoms with Crippen LogP contribution in [0.4, 0.5) is 0 Å². The van der Waals surface area contributed by atoms with E-state index in [9.17, 15) is 4.79 Å². The van der Waals surface area contributed by atoms with Crippen molar-refractivity contribution in [3.05, 3.63) is 0 Å². The molecular weight excluding hydrogens is 222 g/mol. The van der Waals surface area contributed by atoms with Crippen LogP contribution in [0.5, 0.6) is 0 Å². The van der Waals surface area contributed by atoms with Crippen LogP contribution in [0.15, 0.2) is 0 Å². The first-order valence-electron chi connectivity index (χ1n) is 7.86. The van der Waals surface area contributed by atoms with Gasteiger partial charge in [0.05, 0.1) is 25.2 Å². The summed E-state index contributed by atoms with van der Waals surface area (Å²) < 4.78 is 1.32. The molecule has 0 saturated carbocycles. The van der Waals surface area contributed by atoms with Crippen LogP contribution in [0.3, 0.4) is 0 Å². The van der Waals surface area contributed by atoms with Crippen molar-refractivity contribution in [2.45, 2.75) is 71.9 Å². The van der Waals surface area contributed by atoms with Crippen LogP contribution in [0.1, 0.15) is 59.8 Å². The van der Waals surface area contributed by atoms with Gasteiger partial charge in [-0.2, -0.15) is 0 Å². The van der Waals surface area contributed by atoms with Crippen LogP contribution in [0.2, 0.25) is 0 Å². The minimum absolute atomic E-state index is 0.217.